The number of hydrogen-bond acceptors (Lipinski definition) is 4. The highest BCUT2D eigenvalue weighted by molar-refractivity contribution is 5.92. The summed E-state index contributed by atoms with van der Waals surface area (Å²) in [5, 5.41) is 10.2. The monoisotopic (exact) mass is 431 g/mol. The van der Waals surface area contributed by atoms with Gasteiger partial charge in [0, 0.05) is 49.3 Å². The fourth-order valence-corrected chi connectivity index (χ4v) is 4.11. The van der Waals surface area contributed by atoms with Crippen LogP contribution in [0, 0.1) is 0 Å². The van der Waals surface area contributed by atoms with E-state index in [9.17, 15) is 9.59 Å². The second kappa shape index (κ2) is 10.1. The highest BCUT2D eigenvalue weighted by Gasteiger charge is 2.24. The van der Waals surface area contributed by atoms with Gasteiger partial charge in [-0.3, -0.25) is 14.3 Å². The number of hydrogen-bond donors (Lipinski definition) is 2. The highest BCUT2D eigenvalue weighted by atomic mass is 16.2. The van der Waals surface area contributed by atoms with Crippen LogP contribution in [0.4, 0.5) is 11.4 Å². The van der Waals surface area contributed by atoms with Crippen LogP contribution in [0.1, 0.15) is 37.8 Å². The average Bonchev–Trinajstić information content (AvgIpc) is 3.49. The first kappa shape index (κ1) is 21.6. The minimum atomic E-state index is -0.589. The van der Waals surface area contributed by atoms with Gasteiger partial charge < -0.3 is 15.5 Å². The van der Waals surface area contributed by atoms with Gasteiger partial charge in [-0.15, -0.1) is 0 Å². The molecule has 2 amide bonds. The standard InChI is InChI=1S/C25H29N5O2/c1-19(17-23(31)28-21-11-7-12-22(18-21)29-14-5-6-15-29)27-25(32)24(30-16-8-13-26-30)20-9-3-2-4-10-20/h2-4,7-13,16,18-19,24H,5-6,14-15,17H2,1H3,(H,27,32)(H,28,31). The van der Waals surface area contributed by atoms with Gasteiger partial charge in [0.2, 0.25) is 11.8 Å². The lowest BCUT2D eigenvalue weighted by Crippen LogP contribution is -2.40. The fourth-order valence-electron chi connectivity index (χ4n) is 4.11. The topological polar surface area (TPSA) is 79.3 Å². The van der Waals surface area contributed by atoms with Crippen LogP contribution in [-0.4, -0.2) is 40.7 Å². The minimum Gasteiger partial charge on any atom is -0.371 e. The van der Waals surface area contributed by atoms with Crippen molar-refractivity contribution in [1.29, 1.82) is 0 Å². The lowest BCUT2D eigenvalue weighted by Gasteiger charge is -2.21. The van der Waals surface area contributed by atoms with Crippen molar-refractivity contribution in [3.63, 3.8) is 0 Å². The summed E-state index contributed by atoms with van der Waals surface area (Å²) in [6, 6.07) is 18.3. The zero-order valence-electron chi connectivity index (χ0n) is 18.3. The fraction of sp³-hybridized carbons (Fsp3) is 0.320. The summed E-state index contributed by atoms with van der Waals surface area (Å²) in [5.41, 5.74) is 2.74. The lowest BCUT2D eigenvalue weighted by atomic mass is 10.1. The van der Waals surface area contributed by atoms with E-state index in [-0.39, 0.29) is 24.3 Å². The smallest absolute Gasteiger partial charge is 0.249 e. The van der Waals surface area contributed by atoms with Crippen LogP contribution in [0.2, 0.25) is 0 Å². The third kappa shape index (κ3) is 5.35. The maximum atomic E-state index is 13.1. The van der Waals surface area contributed by atoms with E-state index >= 15 is 0 Å². The highest BCUT2D eigenvalue weighted by Crippen LogP contribution is 2.23. The number of amides is 2. The molecule has 0 bridgehead atoms. The van der Waals surface area contributed by atoms with Crippen molar-refractivity contribution in [2.45, 2.75) is 38.3 Å². The number of carbonyl (C=O) groups is 2. The van der Waals surface area contributed by atoms with Crippen LogP contribution in [0.3, 0.4) is 0 Å². The molecule has 4 rings (SSSR count). The molecule has 1 aliphatic heterocycles. The Bertz CT molecular complexity index is 1030. The van der Waals surface area contributed by atoms with Gasteiger partial charge in [-0.2, -0.15) is 5.10 Å². The van der Waals surface area contributed by atoms with E-state index in [1.54, 1.807) is 23.1 Å². The van der Waals surface area contributed by atoms with Gasteiger partial charge in [0.25, 0.3) is 0 Å². The number of carbonyl (C=O) groups excluding carboxylic acids is 2. The van der Waals surface area contributed by atoms with Crippen LogP contribution in [0.5, 0.6) is 0 Å². The van der Waals surface area contributed by atoms with Crippen molar-refractivity contribution in [3.8, 4) is 0 Å². The summed E-state index contributed by atoms with van der Waals surface area (Å²) in [6.07, 6.45) is 6.01. The van der Waals surface area contributed by atoms with Crippen molar-refractivity contribution in [3.05, 3.63) is 78.6 Å². The van der Waals surface area contributed by atoms with Crippen LogP contribution in [-0.2, 0) is 9.59 Å². The molecule has 0 aliphatic carbocycles. The molecule has 2 heterocycles. The van der Waals surface area contributed by atoms with Gasteiger partial charge in [-0.1, -0.05) is 36.4 Å². The first-order chi connectivity index (χ1) is 15.6. The van der Waals surface area contributed by atoms with E-state index in [0.29, 0.717) is 0 Å². The molecule has 7 heteroatoms. The SMILES string of the molecule is CC(CC(=O)Nc1cccc(N2CCCC2)c1)NC(=O)C(c1ccccc1)n1cccn1. The maximum Gasteiger partial charge on any atom is 0.249 e. The largest absolute Gasteiger partial charge is 0.371 e. The molecule has 2 aromatic carbocycles. The lowest BCUT2D eigenvalue weighted by molar-refractivity contribution is -0.124. The number of nitrogens with zero attached hydrogens (tertiary/aromatic N) is 3. The Morgan fingerprint density at radius 3 is 2.53 bits per heavy atom. The van der Waals surface area contributed by atoms with Gasteiger partial charge in [0.1, 0.15) is 0 Å². The zero-order chi connectivity index (χ0) is 22.3. The number of rotatable bonds is 8. The average molecular weight is 432 g/mol. The van der Waals surface area contributed by atoms with Gasteiger partial charge >= 0.3 is 0 Å². The molecule has 0 radical (unpaired) electrons. The Kier molecular flexibility index (Phi) is 6.84. The quantitative estimate of drug-likeness (QED) is 0.571. The molecule has 32 heavy (non-hydrogen) atoms. The Morgan fingerprint density at radius 2 is 1.81 bits per heavy atom. The normalized spacial score (nSPS) is 15.2. The molecule has 1 aromatic heterocycles. The second-order valence-corrected chi connectivity index (χ2v) is 8.21. The molecule has 1 fully saturated rings. The molecule has 7 nitrogen and oxygen atoms in total. The third-order valence-corrected chi connectivity index (χ3v) is 5.63. The van der Waals surface area contributed by atoms with E-state index in [1.807, 2.05) is 55.5 Å². The molecule has 2 N–H and O–H groups in total. The predicted octanol–water partition coefficient (Wildman–Crippen LogP) is 3.61. The predicted molar refractivity (Wildman–Crippen MR) is 126 cm³/mol. The zero-order valence-corrected chi connectivity index (χ0v) is 18.3. The molecule has 2 unspecified atom stereocenters. The molecule has 0 saturated carbocycles. The van der Waals surface area contributed by atoms with Crippen LogP contribution < -0.4 is 15.5 Å². The second-order valence-electron chi connectivity index (χ2n) is 8.21. The first-order valence-corrected chi connectivity index (χ1v) is 11.1. The molecular weight excluding hydrogens is 402 g/mol. The van der Waals surface area contributed by atoms with Gasteiger partial charge in [0.05, 0.1) is 0 Å². The molecule has 2 atom stereocenters. The summed E-state index contributed by atoms with van der Waals surface area (Å²) in [4.78, 5) is 28.0. The molecule has 3 aromatic rings. The Morgan fingerprint density at radius 1 is 1.03 bits per heavy atom. The Hall–Kier alpha value is -3.61. The summed E-state index contributed by atoms with van der Waals surface area (Å²) in [7, 11) is 0. The summed E-state index contributed by atoms with van der Waals surface area (Å²) in [5.74, 6) is -0.331. The van der Waals surface area contributed by atoms with E-state index < -0.39 is 6.04 Å². The molecule has 1 aliphatic rings. The Labute approximate surface area is 188 Å². The van der Waals surface area contributed by atoms with Crippen molar-refractivity contribution in [2.24, 2.45) is 0 Å². The van der Waals surface area contributed by atoms with Crippen molar-refractivity contribution >= 4 is 23.2 Å². The summed E-state index contributed by atoms with van der Waals surface area (Å²) < 4.78 is 1.63. The van der Waals surface area contributed by atoms with Crippen molar-refractivity contribution < 1.29 is 9.59 Å². The Balaban J connectivity index is 1.36. The van der Waals surface area contributed by atoms with Crippen LogP contribution >= 0.6 is 0 Å². The first-order valence-electron chi connectivity index (χ1n) is 11.1. The van der Waals surface area contributed by atoms with E-state index in [0.717, 1.165) is 30.0 Å². The van der Waals surface area contributed by atoms with Gasteiger partial charge in [0.15, 0.2) is 6.04 Å². The molecule has 1 saturated heterocycles. The third-order valence-electron chi connectivity index (χ3n) is 5.63. The van der Waals surface area contributed by atoms with Crippen LogP contribution in [0.25, 0.3) is 0 Å². The van der Waals surface area contributed by atoms with E-state index in [4.69, 9.17) is 0 Å². The number of aromatic nitrogens is 2. The molecule has 0 spiro atoms. The van der Waals surface area contributed by atoms with Gasteiger partial charge in [-0.25, -0.2) is 0 Å². The number of anilines is 2. The van der Waals surface area contributed by atoms with E-state index in [1.165, 1.54) is 12.8 Å². The van der Waals surface area contributed by atoms with Crippen molar-refractivity contribution in [2.75, 3.05) is 23.3 Å². The maximum absolute atomic E-state index is 13.1. The van der Waals surface area contributed by atoms with E-state index in [2.05, 4.69) is 26.7 Å². The number of nitrogens with one attached hydrogen (secondary N) is 2. The summed E-state index contributed by atoms with van der Waals surface area (Å²) in [6.45, 7) is 3.95. The molecule has 166 valence electrons. The number of benzene rings is 2. The summed E-state index contributed by atoms with van der Waals surface area (Å²) >= 11 is 0. The van der Waals surface area contributed by atoms with Crippen LogP contribution in [0.15, 0.2) is 73.1 Å². The molecular formula is C25H29N5O2. The van der Waals surface area contributed by atoms with Crippen molar-refractivity contribution in [1.82, 2.24) is 15.1 Å². The minimum absolute atomic E-state index is 0.133. The van der Waals surface area contributed by atoms with Gasteiger partial charge in [-0.05, 0) is 49.6 Å².